The van der Waals surface area contributed by atoms with Crippen molar-refractivity contribution in [3.8, 4) is 10.4 Å². The molecule has 4 nitrogen and oxygen atoms in total. The van der Waals surface area contributed by atoms with Crippen molar-refractivity contribution in [3.05, 3.63) is 101 Å². The van der Waals surface area contributed by atoms with Crippen LogP contribution in [0.1, 0.15) is 32.3 Å². The van der Waals surface area contributed by atoms with E-state index in [4.69, 9.17) is 0 Å². The number of thiophene rings is 1. The van der Waals surface area contributed by atoms with Gasteiger partial charge in [0.1, 0.15) is 0 Å². The third-order valence-corrected chi connectivity index (χ3v) is 6.61. The maximum Gasteiger partial charge on any atom is 0.264 e. The van der Waals surface area contributed by atoms with Gasteiger partial charge in [0.15, 0.2) is 0 Å². The number of amides is 1. The van der Waals surface area contributed by atoms with Crippen molar-refractivity contribution < 1.29 is 4.79 Å². The standard InChI is InChI=1S/C24H21N3OS/c1-26-14-19(13-25-26)21-16-27(15-18-9-5-6-10-20(18)21)24(28)23-12-11-22(29-23)17-7-3-2-4-8-17/h2-14,21H,15-16H2,1H3. The molecule has 2 aromatic heterocycles. The summed E-state index contributed by atoms with van der Waals surface area (Å²) in [5.41, 5.74) is 4.80. The average molecular weight is 400 g/mol. The van der Waals surface area contributed by atoms with E-state index < -0.39 is 0 Å². The molecule has 0 fully saturated rings. The van der Waals surface area contributed by atoms with E-state index in [1.165, 1.54) is 11.1 Å². The lowest BCUT2D eigenvalue weighted by molar-refractivity contribution is 0.0730. The van der Waals surface area contributed by atoms with Crippen LogP contribution in [0, 0.1) is 0 Å². The third-order valence-electron chi connectivity index (χ3n) is 5.48. The molecular formula is C24H21N3OS. The first-order chi connectivity index (χ1) is 14.2. The van der Waals surface area contributed by atoms with Gasteiger partial charge in [-0.1, -0.05) is 54.6 Å². The number of hydrogen-bond acceptors (Lipinski definition) is 3. The Bertz CT molecular complexity index is 1160. The highest BCUT2D eigenvalue weighted by molar-refractivity contribution is 7.17. The SMILES string of the molecule is Cn1cc(C2CN(C(=O)c3ccc(-c4ccccc4)s3)Cc3ccccc32)cn1. The number of carbonyl (C=O) groups is 1. The number of aromatic nitrogens is 2. The van der Waals surface area contributed by atoms with E-state index in [0.717, 1.165) is 20.9 Å². The Morgan fingerprint density at radius 2 is 1.83 bits per heavy atom. The summed E-state index contributed by atoms with van der Waals surface area (Å²) in [5.74, 6) is 0.242. The number of benzene rings is 2. The normalized spacial score (nSPS) is 15.9. The minimum atomic E-state index is 0.0978. The van der Waals surface area contributed by atoms with Gasteiger partial charge in [0.05, 0.1) is 11.1 Å². The predicted molar refractivity (Wildman–Crippen MR) is 116 cm³/mol. The maximum absolute atomic E-state index is 13.4. The van der Waals surface area contributed by atoms with Crippen molar-refractivity contribution in [3.63, 3.8) is 0 Å². The van der Waals surface area contributed by atoms with Crippen LogP contribution in [0.15, 0.2) is 79.1 Å². The molecule has 0 N–H and O–H groups in total. The summed E-state index contributed by atoms with van der Waals surface area (Å²) in [4.78, 5) is 17.2. The molecule has 1 amide bonds. The van der Waals surface area contributed by atoms with Crippen molar-refractivity contribution in [1.82, 2.24) is 14.7 Å². The molecule has 1 aliphatic rings. The van der Waals surface area contributed by atoms with Crippen LogP contribution in [-0.4, -0.2) is 27.1 Å². The Kier molecular flexibility index (Phi) is 4.52. The highest BCUT2D eigenvalue weighted by Crippen LogP contribution is 2.35. The molecule has 5 heteroatoms. The highest BCUT2D eigenvalue weighted by Gasteiger charge is 2.30. The molecule has 0 bridgehead atoms. The molecule has 0 spiro atoms. The molecule has 2 aromatic carbocycles. The van der Waals surface area contributed by atoms with E-state index in [2.05, 4.69) is 35.4 Å². The van der Waals surface area contributed by atoms with E-state index in [1.807, 2.05) is 65.4 Å². The first-order valence-electron chi connectivity index (χ1n) is 9.70. The van der Waals surface area contributed by atoms with Gasteiger partial charge in [0, 0.05) is 37.1 Å². The zero-order valence-corrected chi connectivity index (χ0v) is 17.0. The Labute approximate surface area is 174 Å². The molecule has 144 valence electrons. The summed E-state index contributed by atoms with van der Waals surface area (Å²) >= 11 is 1.56. The maximum atomic E-state index is 13.4. The molecular weight excluding hydrogens is 378 g/mol. The second-order valence-corrected chi connectivity index (χ2v) is 8.50. The lowest BCUT2D eigenvalue weighted by Gasteiger charge is -2.34. The van der Waals surface area contributed by atoms with Crippen molar-refractivity contribution in [2.45, 2.75) is 12.5 Å². The second-order valence-electron chi connectivity index (χ2n) is 7.41. The van der Waals surface area contributed by atoms with Gasteiger partial charge in [-0.05, 0) is 34.4 Å². The van der Waals surface area contributed by atoms with Gasteiger partial charge in [0.25, 0.3) is 5.91 Å². The fraction of sp³-hybridized carbons (Fsp3) is 0.167. The van der Waals surface area contributed by atoms with Crippen molar-refractivity contribution in [2.24, 2.45) is 7.05 Å². The average Bonchev–Trinajstić information content (AvgIpc) is 3.42. The molecule has 1 aliphatic heterocycles. The molecule has 29 heavy (non-hydrogen) atoms. The summed E-state index contributed by atoms with van der Waals surface area (Å²) in [7, 11) is 1.93. The van der Waals surface area contributed by atoms with Crippen molar-refractivity contribution in [2.75, 3.05) is 6.54 Å². The first-order valence-corrected chi connectivity index (χ1v) is 10.5. The van der Waals surface area contributed by atoms with E-state index in [9.17, 15) is 4.79 Å². The minimum Gasteiger partial charge on any atom is -0.333 e. The highest BCUT2D eigenvalue weighted by atomic mass is 32.1. The van der Waals surface area contributed by atoms with Crippen LogP contribution in [0.5, 0.6) is 0 Å². The Hall–Kier alpha value is -3.18. The monoisotopic (exact) mass is 399 g/mol. The van der Waals surface area contributed by atoms with Crippen LogP contribution >= 0.6 is 11.3 Å². The number of hydrogen-bond donors (Lipinski definition) is 0. The van der Waals surface area contributed by atoms with Gasteiger partial charge >= 0.3 is 0 Å². The van der Waals surface area contributed by atoms with E-state index in [-0.39, 0.29) is 11.8 Å². The lowest BCUT2D eigenvalue weighted by Crippen LogP contribution is -2.38. The van der Waals surface area contributed by atoms with Gasteiger partial charge in [-0.3, -0.25) is 9.48 Å². The van der Waals surface area contributed by atoms with Crippen LogP contribution in [0.3, 0.4) is 0 Å². The number of fused-ring (bicyclic) bond motifs is 1. The quantitative estimate of drug-likeness (QED) is 0.490. The van der Waals surface area contributed by atoms with Crippen LogP contribution < -0.4 is 0 Å². The zero-order valence-electron chi connectivity index (χ0n) is 16.2. The fourth-order valence-corrected chi connectivity index (χ4v) is 5.01. The van der Waals surface area contributed by atoms with Gasteiger partial charge in [-0.2, -0.15) is 5.10 Å². The van der Waals surface area contributed by atoms with Crippen LogP contribution in [0.4, 0.5) is 0 Å². The molecule has 0 saturated heterocycles. The Morgan fingerprint density at radius 1 is 1.03 bits per heavy atom. The van der Waals surface area contributed by atoms with Crippen LogP contribution in [0.25, 0.3) is 10.4 Å². The topological polar surface area (TPSA) is 38.1 Å². The molecule has 0 aliphatic carbocycles. The summed E-state index contributed by atoms with van der Waals surface area (Å²) in [6, 6.07) is 22.6. The van der Waals surface area contributed by atoms with Gasteiger partial charge in [0.2, 0.25) is 0 Å². The summed E-state index contributed by atoms with van der Waals surface area (Å²) in [6.07, 6.45) is 3.96. The van der Waals surface area contributed by atoms with Gasteiger partial charge in [-0.15, -0.1) is 11.3 Å². The third kappa shape index (κ3) is 3.38. The number of aryl methyl sites for hydroxylation is 1. The van der Waals surface area contributed by atoms with Crippen LogP contribution in [0.2, 0.25) is 0 Å². The van der Waals surface area contributed by atoms with E-state index >= 15 is 0 Å². The minimum absolute atomic E-state index is 0.0978. The molecule has 1 atom stereocenters. The molecule has 3 heterocycles. The summed E-state index contributed by atoms with van der Waals surface area (Å²) in [5, 5.41) is 4.34. The molecule has 4 aromatic rings. The van der Waals surface area contributed by atoms with Crippen LogP contribution in [-0.2, 0) is 13.6 Å². The molecule has 0 saturated carbocycles. The zero-order chi connectivity index (χ0) is 19.8. The number of nitrogens with zero attached hydrogens (tertiary/aromatic N) is 3. The van der Waals surface area contributed by atoms with Crippen molar-refractivity contribution >= 4 is 17.2 Å². The molecule has 5 rings (SSSR count). The van der Waals surface area contributed by atoms with E-state index in [1.54, 1.807) is 11.3 Å². The van der Waals surface area contributed by atoms with Gasteiger partial charge in [-0.25, -0.2) is 0 Å². The summed E-state index contributed by atoms with van der Waals surface area (Å²) in [6.45, 7) is 1.31. The van der Waals surface area contributed by atoms with Crippen molar-refractivity contribution in [1.29, 1.82) is 0 Å². The predicted octanol–water partition coefficient (Wildman–Crippen LogP) is 4.94. The fourth-order valence-electron chi connectivity index (χ4n) is 4.03. The largest absolute Gasteiger partial charge is 0.333 e. The van der Waals surface area contributed by atoms with E-state index in [0.29, 0.717) is 13.1 Å². The summed E-state index contributed by atoms with van der Waals surface area (Å²) < 4.78 is 1.82. The number of carbonyl (C=O) groups excluding carboxylic acids is 1. The number of rotatable bonds is 3. The molecule has 0 radical (unpaired) electrons. The second kappa shape index (κ2) is 7.33. The molecule has 1 unspecified atom stereocenters. The van der Waals surface area contributed by atoms with Gasteiger partial charge < -0.3 is 4.90 Å². The lowest BCUT2D eigenvalue weighted by atomic mass is 9.86. The first kappa shape index (κ1) is 17.9. The smallest absolute Gasteiger partial charge is 0.264 e. The Balaban J connectivity index is 1.46. The Morgan fingerprint density at radius 3 is 2.62 bits per heavy atom.